The Labute approximate surface area is 148 Å². The molecule has 130 valence electrons. The number of carbonyl (C=O) groups is 1. The lowest BCUT2D eigenvalue weighted by molar-refractivity contribution is -0.122. The van der Waals surface area contributed by atoms with Crippen molar-refractivity contribution in [2.45, 2.75) is 50.7 Å². The molecule has 0 bridgehead atoms. The Kier molecular flexibility index (Phi) is 4.53. The number of pyridine rings is 1. The molecule has 1 heterocycles. The first kappa shape index (κ1) is 16.3. The van der Waals surface area contributed by atoms with Crippen molar-refractivity contribution in [2.75, 3.05) is 0 Å². The lowest BCUT2D eigenvalue weighted by Gasteiger charge is -2.38. The van der Waals surface area contributed by atoms with Gasteiger partial charge in [-0.15, -0.1) is 0 Å². The zero-order valence-electron chi connectivity index (χ0n) is 14.3. The van der Waals surface area contributed by atoms with Gasteiger partial charge < -0.3 is 10.4 Å². The molecule has 2 N–H and O–H groups in total. The summed E-state index contributed by atoms with van der Waals surface area (Å²) in [4.78, 5) is 17.1. The fraction of sp³-hybridized carbons (Fsp3) is 0.429. The van der Waals surface area contributed by atoms with Gasteiger partial charge in [0.05, 0.1) is 17.7 Å². The quantitative estimate of drug-likeness (QED) is 0.819. The van der Waals surface area contributed by atoms with Crippen molar-refractivity contribution < 1.29 is 9.90 Å². The monoisotopic (exact) mass is 336 g/mol. The van der Waals surface area contributed by atoms with Crippen LogP contribution in [0.25, 0.3) is 10.9 Å². The van der Waals surface area contributed by atoms with E-state index in [4.69, 9.17) is 0 Å². The summed E-state index contributed by atoms with van der Waals surface area (Å²) in [6.07, 6.45) is 9.08. The molecule has 2 aliphatic rings. The molecule has 1 fully saturated rings. The molecular weight excluding hydrogens is 312 g/mol. The van der Waals surface area contributed by atoms with E-state index in [1.807, 2.05) is 30.5 Å². The van der Waals surface area contributed by atoms with E-state index < -0.39 is 0 Å². The number of carbonyl (C=O) groups excluding carboxylic acids is 1. The molecule has 4 rings (SSSR count). The van der Waals surface area contributed by atoms with E-state index in [2.05, 4.69) is 22.4 Å². The summed E-state index contributed by atoms with van der Waals surface area (Å²) in [5.41, 5.74) is 3.24. The van der Waals surface area contributed by atoms with Crippen LogP contribution >= 0.6 is 0 Å². The zero-order valence-corrected chi connectivity index (χ0v) is 14.3. The van der Waals surface area contributed by atoms with Crippen LogP contribution in [0.4, 0.5) is 0 Å². The van der Waals surface area contributed by atoms with Crippen LogP contribution in [0.5, 0.6) is 0 Å². The van der Waals surface area contributed by atoms with Gasteiger partial charge in [0.15, 0.2) is 0 Å². The summed E-state index contributed by atoms with van der Waals surface area (Å²) in [6.45, 7) is 0. The van der Waals surface area contributed by atoms with Gasteiger partial charge >= 0.3 is 0 Å². The number of nitrogens with one attached hydrogen (secondary N) is 1. The van der Waals surface area contributed by atoms with E-state index in [9.17, 15) is 9.90 Å². The predicted molar refractivity (Wildman–Crippen MR) is 97.9 cm³/mol. The molecule has 1 amide bonds. The Morgan fingerprint density at radius 2 is 2.16 bits per heavy atom. The Balaban J connectivity index is 1.55. The molecule has 1 saturated carbocycles. The maximum atomic E-state index is 12.5. The first-order valence-electron chi connectivity index (χ1n) is 9.19. The minimum atomic E-state index is -0.240. The number of fused-ring (bicyclic) bond motifs is 1. The van der Waals surface area contributed by atoms with Crippen LogP contribution in [-0.4, -0.2) is 22.1 Å². The summed E-state index contributed by atoms with van der Waals surface area (Å²) in [5, 5.41) is 14.0. The fourth-order valence-corrected chi connectivity index (χ4v) is 3.96. The normalized spacial score (nSPS) is 23.8. The molecule has 1 aromatic carbocycles. The van der Waals surface area contributed by atoms with Crippen LogP contribution in [-0.2, 0) is 4.79 Å². The van der Waals surface area contributed by atoms with E-state index >= 15 is 0 Å². The zero-order chi connectivity index (χ0) is 17.2. The number of allylic oxidation sites excluding steroid dienone is 1. The summed E-state index contributed by atoms with van der Waals surface area (Å²) >= 11 is 0. The first-order valence-corrected chi connectivity index (χ1v) is 9.19. The molecule has 1 aromatic heterocycles. The van der Waals surface area contributed by atoms with Crippen LogP contribution in [0.3, 0.4) is 0 Å². The van der Waals surface area contributed by atoms with E-state index in [1.165, 1.54) is 5.57 Å². The maximum Gasteiger partial charge on any atom is 0.224 e. The van der Waals surface area contributed by atoms with Gasteiger partial charge in [-0.2, -0.15) is 0 Å². The lowest BCUT2D eigenvalue weighted by Crippen LogP contribution is -2.41. The molecule has 0 saturated heterocycles. The highest BCUT2D eigenvalue weighted by Gasteiger charge is 2.36. The second kappa shape index (κ2) is 6.96. The van der Waals surface area contributed by atoms with Gasteiger partial charge in [-0.25, -0.2) is 0 Å². The number of amides is 1. The van der Waals surface area contributed by atoms with E-state index in [0.717, 1.165) is 48.6 Å². The van der Waals surface area contributed by atoms with Gasteiger partial charge in [-0.05, 0) is 55.7 Å². The number of para-hydroxylation sites is 1. The molecule has 4 nitrogen and oxygen atoms in total. The van der Waals surface area contributed by atoms with Crippen molar-refractivity contribution in [3.63, 3.8) is 0 Å². The molecule has 0 aliphatic heterocycles. The van der Waals surface area contributed by atoms with Crippen LogP contribution < -0.4 is 5.32 Å². The standard InChI is InChI=1S/C21H24N2O2/c24-18-11-16(12-18)21(23-20(25)9-14-5-1-2-6-14)17-10-15-7-3-4-8-19(15)22-13-17/h3-5,7-8,10,13,16,18,21,24H,1-2,6,9,11-12H2,(H,23,25). The van der Waals surface area contributed by atoms with Crippen molar-refractivity contribution in [1.29, 1.82) is 0 Å². The summed E-state index contributed by atoms with van der Waals surface area (Å²) in [6, 6.07) is 10.1. The minimum absolute atomic E-state index is 0.0741. The van der Waals surface area contributed by atoms with Gasteiger partial charge in [0.1, 0.15) is 0 Å². The number of nitrogens with zero attached hydrogens (tertiary/aromatic N) is 1. The number of aromatic nitrogens is 1. The van der Waals surface area contributed by atoms with Crippen molar-refractivity contribution >= 4 is 16.8 Å². The molecule has 0 radical (unpaired) electrons. The highest BCUT2D eigenvalue weighted by atomic mass is 16.3. The third-order valence-corrected chi connectivity index (χ3v) is 5.43. The SMILES string of the molecule is O=C(CC1=CCCC1)NC(c1cnc2ccccc2c1)C1CC(O)C1. The molecule has 2 aliphatic carbocycles. The van der Waals surface area contributed by atoms with Gasteiger partial charge in [-0.3, -0.25) is 9.78 Å². The summed E-state index contributed by atoms with van der Waals surface area (Å²) in [7, 11) is 0. The van der Waals surface area contributed by atoms with Crippen molar-refractivity contribution in [3.05, 3.63) is 53.7 Å². The second-order valence-corrected chi connectivity index (χ2v) is 7.32. The number of aliphatic hydroxyl groups excluding tert-OH is 1. The van der Waals surface area contributed by atoms with Gasteiger partial charge in [0, 0.05) is 18.0 Å². The fourth-order valence-electron chi connectivity index (χ4n) is 3.96. The highest BCUT2D eigenvalue weighted by molar-refractivity contribution is 5.81. The Morgan fingerprint density at radius 1 is 1.32 bits per heavy atom. The highest BCUT2D eigenvalue weighted by Crippen LogP contribution is 2.38. The molecule has 4 heteroatoms. The Hall–Kier alpha value is -2.20. The number of hydrogen-bond donors (Lipinski definition) is 2. The van der Waals surface area contributed by atoms with Crippen molar-refractivity contribution in [2.24, 2.45) is 5.92 Å². The largest absolute Gasteiger partial charge is 0.393 e. The average Bonchev–Trinajstić information content (AvgIpc) is 3.09. The third-order valence-electron chi connectivity index (χ3n) is 5.43. The van der Waals surface area contributed by atoms with Crippen LogP contribution in [0.2, 0.25) is 0 Å². The van der Waals surface area contributed by atoms with E-state index in [0.29, 0.717) is 6.42 Å². The Morgan fingerprint density at radius 3 is 2.92 bits per heavy atom. The van der Waals surface area contributed by atoms with Crippen LogP contribution in [0, 0.1) is 5.92 Å². The maximum absolute atomic E-state index is 12.5. The summed E-state index contributed by atoms with van der Waals surface area (Å²) in [5.74, 6) is 0.354. The number of aliphatic hydroxyl groups is 1. The van der Waals surface area contributed by atoms with Gasteiger partial charge in [0.25, 0.3) is 0 Å². The number of rotatable bonds is 5. The minimum Gasteiger partial charge on any atom is -0.393 e. The van der Waals surface area contributed by atoms with E-state index in [-0.39, 0.29) is 24.0 Å². The molecule has 1 atom stereocenters. The number of hydrogen-bond acceptors (Lipinski definition) is 3. The topological polar surface area (TPSA) is 62.2 Å². The van der Waals surface area contributed by atoms with E-state index in [1.54, 1.807) is 0 Å². The lowest BCUT2D eigenvalue weighted by atomic mass is 9.75. The summed E-state index contributed by atoms with van der Waals surface area (Å²) < 4.78 is 0. The molecule has 2 aromatic rings. The Bertz CT molecular complexity index is 808. The van der Waals surface area contributed by atoms with Crippen molar-refractivity contribution in [3.8, 4) is 0 Å². The smallest absolute Gasteiger partial charge is 0.224 e. The number of benzene rings is 1. The third kappa shape index (κ3) is 3.59. The molecule has 1 unspecified atom stereocenters. The second-order valence-electron chi connectivity index (χ2n) is 7.32. The first-order chi connectivity index (χ1) is 12.2. The predicted octanol–water partition coefficient (Wildman–Crippen LogP) is 3.66. The average molecular weight is 336 g/mol. The van der Waals surface area contributed by atoms with Crippen LogP contribution in [0.1, 0.15) is 50.1 Å². The molecule has 25 heavy (non-hydrogen) atoms. The molecule has 0 spiro atoms. The van der Waals surface area contributed by atoms with Gasteiger partial charge in [-0.1, -0.05) is 29.8 Å². The van der Waals surface area contributed by atoms with Crippen LogP contribution in [0.15, 0.2) is 48.2 Å². The molecular formula is C21H24N2O2. The van der Waals surface area contributed by atoms with Gasteiger partial charge in [0.2, 0.25) is 5.91 Å². The van der Waals surface area contributed by atoms with Crippen molar-refractivity contribution in [1.82, 2.24) is 10.3 Å².